The summed E-state index contributed by atoms with van der Waals surface area (Å²) in [5.74, 6) is -0.0563. The van der Waals surface area contributed by atoms with E-state index >= 15 is 0 Å². The molecule has 2 atom stereocenters. The van der Waals surface area contributed by atoms with Crippen LogP contribution in [0.15, 0.2) is 30.3 Å². The number of nitrogens with one attached hydrogen (secondary N) is 2. The average molecular weight is 306 g/mol. The summed E-state index contributed by atoms with van der Waals surface area (Å²) in [6.45, 7) is 5.49. The van der Waals surface area contributed by atoms with E-state index in [1.54, 1.807) is 0 Å². The smallest absolute Gasteiger partial charge is 0.222 e. The molecule has 2 unspecified atom stereocenters. The number of aliphatic hydroxyl groups excluding tert-OH is 1. The minimum Gasteiger partial charge on any atom is -0.396 e. The van der Waals surface area contributed by atoms with Crippen LogP contribution in [0.25, 0.3) is 0 Å². The minimum absolute atomic E-state index is 0.0386. The van der Waals surface area contributed by atoms with Gasteiger partial charge in [-0.2, -0.15) is 0 Å². The van der Waals surface area contributed by atoms with Crippen molar-refractivity contribution in [3.8, 4) is 0 Å². The molecule has 0 radical (unpaired) electrons. The lowest BCUT2D eigenvalue weighted by atomic mass is 9.99. The third kappa shape index (κ3) is 6.26. The van der Waals surface area contributed by atoms with Crippen molar-refractivity contribution in [2.75, 3.05) is 6.61 Å². The molecule has 122 valence electrons. The van der Waals surface area contributed by atoms with Crippen molar-refractivity contribution in [2.45, 2.75) is 45.7 Å². The van der Waals surface area contributed by atoms with Gasteiger partial charge < -0.3 is 15.7 Å². The van der Waals surface area contributed by atoms with Crippen molar-refractivity contribution >= 4 is 11.8 Å². The van der Waals surface area contributed by atoms with Crippen molar-refractivity contribution in [3.05, 3.63) is 35.9 Å². The highest BCUT2D eigenvalue weighted by Crippen LogP contribution is 2.17. The van der Waals surface area contributed by atoms with Crippen LogP contribution in [-0.2, 0) is 9.59 Å². The first-order valence-electron chi connectivity index (χ1n) is 7.66. The molecule has 1 aromatic rings. The molecule has 1 aromatic carbocycles. The zero-order valence-corrected chi connectivity index (χ0v) is 13.5. The molecule has 1 rings (SSSR count). The van der Waals surface area contributed by atoms with Gasteiger partial charge in [0.2, 0.25) is 11.8 Å². The molecular weight excluding hydrogens is 280 g/mol. The lowest BCUT2D eigenvalue weighted by Gasteiger charge is -2.24. The Morgan fingerprint density at radius 3 is 2.27 bits per heavy atom. The Kier molecular flexibility index (Phi) is 7.60. The van der Waals surface area contributed by atoms with Gasteiger partial charge in [-0.05, 0) is 17.9 Å². The van der Waals surface area contributed by atoms with Gasteiger partial charge in [0, 0.05) is 19.6 Å². The number of hydrogen-bond acceptors (Lipinski definition) is 3. The molecule has 0 aliphatic rings. The maximum absolute atomic E-state index is 12.3. The molecule has 5 heteroatoms. The summed E-state index contributed by atoms with van der Waals surface area (Å²) in [6.07, 6.45) is 0.706. The molecule has 0 aromatic heterocycles. The highest BCUT2D eigenvalue weighted by atomic mass is 16.3. The number of amides is 2. The van der Waals surface area contributed by atoms with Crippen LogP contribution in [0.1, 0.15) is 45.2 Å². The van der Waals surface area contributed by atoms with Crippen LogP contribution in [0.3, 0.4) is 0 Å². The van der Waals surface area contributed by atoms with Crippen LogP contribution in [0.4, 0.5) is 0 Å². The van der Waals surface area contributed by atoms with E-state index in [2.05, 4.69) is 10.6 Å². The molecule has 0 saturated carbocycles. The molecule has 0 aliphatic carbocycles. The maximum Gasteiger partial charge on any atom is 0.222 e. The van der Waals surface area contributed by atoms with Gasteiger partial charge in [-0.1, -0.05) is 44.2 Å². The molecule has 0 aliphatic heterocycles. The summed E-state index contributed by atoms with van der Waals surface area (Å²) in [5, 5.41) is 14.8. The van der Waals surface area contributed by atoms with E-state index in [-0.39, 0.29) is 42.8 Å². The topological polar surface area (TPSA) is 78.4 Å². The zero-order chi connectivity index (χ0) is 16.5. The van der Waals surface area contributed by atoms with E-state index in [1.807, 2.05) is 44.2 Å². The lowest BCUT2D eigenvalue weighted by molar-refractivity contribution is -0.123. The van der Waals surface area contributed by atoms with E-state index < -0.39 is 0 Å². The fraction of sp³-hybridized carbons (Fsp3) is 0.529. The highest BCUT2D eigenvalue weighted by molar-refractivity contribution is 5.79. The Hall–Kier alpha value is -1.88. The second kappa shape index (κ2) is 9.20. The van der Waals surface area contributed by atoms with Gasteiger partial charge in [-0.15, -0.1) is 0 Å². The summed E-state index contributed by atoms with van der Waals surface area (Å²) >= 11 is 0. The van der Waals surface area contributed by atoms with Crippen LogP contribution < -0.4 is 10.6 Å². The molecular formula is C17H26N2O3. The van der Waals surface area contributed by atoms with Crippen LogP contribution in [0.5, 0.6) is 0 Å². The van der Waals surface area contributed by atoms with Gasteiger partial charge in [-0.3, -0.25) is 9.59 Å². The fourth-order valence-corrected chi connectivity index (χ4v) is 2.35. The first kappa shape index (κ1) is 18.2. The SMILES string of the molecule is CC(=O)NC(CC(=O)NC(CCO)C(C)C)c1ccccc1. The average Bonchev–Trinajstić information content (AvgIpc) is 2.46. The summed E-state index contributed by atoms with van der Waals surface area (Å²) in [4.78, 5) is 23.6. The summed E-state index contributed by atoms with van der Waals surface area (Å²) < 4.78 is 0. The number of carbonyl (C=O) groups excluding carboxylic acids is 2. The van der Waals surface area contributed by atoms with Gasteiger partial charge >= 0.3 is 0 Å². The van der Waals surface area contributed by atoms with Gasteiger partial charge in [0.05, 0.1) is 12.5 Å². The Bertz CT molecular complexity index is 474. The largest absolute Gasteiger partial charge is 0.396 e. The summed E-state index contributed by atoms with van der Waals surface area (Å²) in [5.41, 5.74) is 0.899. The number of hydrogen-bond donors (Lipinski definition) is 3. The van der Waals surface area contributed by atoms with E-state index in [9.17, 15) is 9.59 Å². The van der Waals surface area contributed by atoms with Crippen molar-refractivity contribution in [3.63, 3.8) is 0 Å². The Labute approximate surface area is 132 Å². The number of carbonyl (C=O) groups is 2. The standard InChI is InChI=1S/C17H26N2O3/c1-12(2)15(9-10-20)19-17(22)11-16(18-13(3)21)14-7-5-4-6-8-14/h4-8,12,15-16,20H,9-11H2,1-3H3,(H,18,21)(H,19,22). The molecule has 5 nitrogen and oxygen atoms in total. The van der Waals surface area contributed by atoms with Crippen LogP contribution in [0, 0.1) is 5.92 Å². The third-order valence-electron chi connectivity index (χ3n) is 3.56. The van der Waals surface area contributed by atoms with Gasteiger partial charge in [0.15, 0.2) is 0 Å². The van der Waals surface area contributed by atoms with Gasteiger partial charge in [0.1, 0.15) is 0 Å². The van der Waals surface area contributed by atoms with Crippen LogP contribution in [0.2, 0.25) is 0 Å². The van der Waals surface area contributed by atoms with Gasteiger partial charge in [0.25, 0.3) is 0 Å². The molecule has 2 amide bonds. The monoisotopic (exact) mass is 306 g/mol. The second-order valence-electron chi connectivity index (χ2n) is 5.80. The summed E-state index contributed by atoms with van der Waals surface area (Å²) in [7, 11) is 0. The molecule has 0 heterocycles. The van der Waals surface area contributed by atoms with Gasteiger partial charge in [-0.25, -0.2) is 0 Å². The van der Waals surface area contributed by atoms with E-state index in [0.29, 0.717) is 6.42 Å². The third-order valence-corrected chi connectivity index (χ3v) is 3.56. The lowest BCUT2D eigenvalue weighted by Crippen LogP contribution is -2.41. The predicted molar refractivity (Wildman–Crippen MR) is 86.1 cm³/mol. The number of aliphatic hydroxyl groups is 1. The van der Waals surface area contributed by atoms with E-state index in [4.69, 9.17) is 5.11 Å². The molecule has 22 heavy (non-hydrogen) atoms. The predicted octanol–water partition coefficient (Wildman–Crippen LogP) is 1.78. The first-order chi connectivity index (χ1) is 10.4. The maximum atomic E-state index is 12.3. The Morgan fingerprint density at radius 2 is 1.77 bits per heavy atom. The van der Waals surface area contributed by atoms with Crippen LogP contribution >= 0.6 is 0 Å². The molecule has 0 bridgehead atoms. The quantitative estimate of drug-likeness (QED) is 0.685. The number of benzene rings is 1. The zero-order valence-electron chi connectivity index (χ0n) is 13.5. The molecule has 0 spiro atoms. The highest BCUT2D eigenvalue weighted by Gasteiger charge is 2.20. The molecule has 0 saturated heterocycles. The first-order valence-corrected chi connectivity index (χ1v) is 7.66. The van der Waals surface area contributed by atoms with E-state index in [1.165, 1.54) is 6.92 Å². The molecule has 3 N–H and O–H groups in total. The molecule has 0 fully saturated rings. The van der Waals surface area contributed by atoms with Crippen molar-refractivity contribution in [2.24, 2.45) is 5.92 Å². The van der Waals surface area contributed by atoms with Crippen molar-refractivity contribution in [1.82, 2.24) is 10.6 Å². The Balaban J connectivity index is 2.72. The van der Waals surface area contributed by atoms with Crippen LogP contribution in [-0.4, -0.2) is 29.6 Å². The Morgan fingerprint density at radius 1 is 1.14 bits per heavy atom. The normalized spacial score (nSPS) is 13.5. The minimum atomic E-state index is -0.347. The fourth-order valence-electron chi connectivity index (χ4n) is 2.35. The van der Waals surface area contributed by atoms with Crippen molar-refractivity contribution in [1.29, 1.82) is 0 Å². The van der Waals surface area contributed by atoms with Crippen molar-refractivity contribution < 1.29 is 14.7 Å². The summed E-state index contributed by atoms with van der Waals surface area (Å²) in [6, 6.07) is 9.02. The van der Waals surface area contributed by atoms with E-state index in [0.717, 1.165) is 5.56 Å². The second-order valence-corrected chi connectivity index (χ2v) is 5.80. The number of rotatable bonds is 8.